The van der Waals surface area contributed by atoms with E-state index in [0.717, 1.165) is 36.7 Å². The number of rotatable bonds is 8. The van der Waals surface area contributed by atoms with Crippen molar-refractivity contribution in [3.63, 3.8) is 0 Å². The molecule has 0 bridgehead atoms. The van der Waals surface area contributed by atoms with E-state index in [0.29, 0.717) is 16.7 Å². The van der Waals surface area contributed by atoms with Gasteiger partial charge in [0, 0.05) is 31.3 Å². The zero-order valence-corrected chi connectivity index (χ0v) is 20.3. The van der Waals surface area contributed by atoms with Crippen molar-refractivity contribution in [2.75, 3.05) is 20.3 Å². The van der Waals surface area contributed by atoms with Crippen LogP contribution in [0, 0.1) is 5.82 Å². The molecule has 2 N–H and O–H groups in total. The van der Waals surface area contributed by atoms with Crippen LogP contribution >= 0.6 is 0 Å². The molecule has 188 valence electrons. The Labute approximate surface area is 210 Å². The van der Waals surface area contributed by atoms with E-state index in [-0.39, 0.29) is 37.3 Å². The smallest absolute Gasteiger partial charge is 0.254 e. The highest BCUT2D eigenvalue weighted by Gasteiger charge is 2.45. The van der Waals surface area contributed by atoms with Crippen molar-refractivity contribution in [1.82, 2.24) is 10.2 Å². The van der Waals surface area contributed by atoms with Crippen LogP contribution in [0.25, 0.3) is 0 Å². The highest BCUT2D eigenvalue weighted by Crippen LogP contribution is 2.39. The molecule has 0 fully saturated rings. The molecule has 1 heterocycles. The normalized spacial score (nSPS) is 19.9. The summed E-state index contributed by atoms with van der Waals surface area (Å²) in [4.78, 5) is 29.1. The van der Waals surface area contributed by atoms with Gasteiger partial charge in [-0.2, -0.15) is 0 Å². The first kappa shape index (κ1) is 25.4. The Morgan fingerprint density at radius 3 is 2.72 bits per heavy atom. The lowest BCUT2D eigenvalue weighted by atomic mass is 9.77. The summed E-state index contributed by atoms with van der Waals surface area (Å²) in [5.41, 5.74) is 3.12. The summed E-state index contributed by atoms with van der Waals surface area (Å²) in [6, 6.07) is 12.3. The molecule has 2 aromatic carbocycles. The number of hydrogen-bond donors (Lipinski definition) is 2. The number of halogens is 1. The maximum atomic E-state index is 13.8. The van der Waals surface area contributed by atoms with Crippen LogP contribution in [0.2, 0.25) is 0 Å². The second-order valence-corrected chi connectivity index (χ2v) is 8.92. The molecule has 0 spiro atoms. The number of nitrogens with one attached hydrogen (secondary N) is 1. The number of amides is 2. The SMILES string of the molecule is COCCN1C(=O)c2ccccc2C(C(=O)NCc2ccc(F)cc2)C1/C(=C/O)C1=CCCCC=C1. The molecule has 1 aliphatic heterocycles. The lowest BCUT2D eigenvalue weighted by molar-refractivity contribution is -0.124. The van der Waals surface area contributed by atoms with Gasteiger partial charge in [0.2, 0.25) is 5.91 Å². The molecule has 0 radical (unpaired) electrons. The highest BCUT2D eigenvalue weighted by molar-refractivity contribution is 6.02. The Balaban J connectivity index is 1.77. The van der Waals surface area contributed by atoms with Gasteiger partial charge in [-0.25, -0.2) is 4.39 Å². The lowest BCUT2D eigenvalue weighted by Gasteiger charge is -2.42. The molecule has 7 heteroatoms. The summed E-state index contributed by atoms with van der Waals surface area (Å²) in [5, 5.41) is 13.4. The van der Waals surface area contributed by atoms with Gasteiger partial charge in [-0.1, -0.05) is 48.6 Å². The standard InChI is InChI=1S/C29H31FN2O4/c1-36-17-16-32-27(25(19-33)21-8-4-2-3-5-9-21)26(23-10-6-7-11-24(23)29(32)35)28(34)31-18-20-12-14-22(30)15-13-20/h4,6-15,19,26-27,33H,2-3,5,16-18H2,1H3,(H,31,34)/b25-19+. The van der Waals surface area contributed by atoms with Gasteiger partial charge in [0.05, 0.1) is 24.8 Å². The van der Waals surface area contributed by atoms with Crippen LogP contribution < -0.4 is 5.32 Å². The van der Waals surface area contributed by atoms with E-state index in [4.69, 9.17) is 4.74 Å². The molecular weight excluding hydrogens is 459 g/mol. The molecule has 2 atom stereocenters. The number of fused-ring (bicyclic) bond motifs is 1. The van der Waals surface area contributed by atoms with Gasteiger partial charge >= 0.3 is 0 Å². The number of nitrogens with zero attached hydrogens (tertiary/aromatic N) is 1. The number of aliphatic hydroxyl groups excluding tert-OH is 1. The molecule has 4 rings (SSSR count). The minimum absolute atomic E-state index is 0.206. The average molecular weight is 491 g/mol. The fourth-order valence-corrected chi connectivity index (χ4v) is 4.87. The third-order valence-electron chi connectivity index (χ3n) is 6.67. The third kappa shape index (κ3) is 5.41. The Bertz CT molecular complexity index is 1190. The van der Waals surface area contributed by atoms with Crippen LogP contribution in [-0.4, -0.2) is 48.1 Å². The number of carbonyl (C=O) groups is 2. The molecule has 0 saturated carbocycles. The van der Waals surface area contributed by atoms with Gasteiger partial charge in [-0.15, -0.1) is 0 Å². The summed E-state index contributed by atoms with van der Waals surface area (Å²) in [6.07, 6.45) is 9.79. The Kier molecular flexibility index (Phi) is 8.33. The predicted octanol–water partition coefficient (Wildman–Crippen LogP) is 4.80. The topological polar surface area (TPSA) is 78.9 Å². The van der Waals surface area contributed by atoms with Crippen molar-refractivity contribution in [3.05, 3.63) is 107 Å². The van der Waals surface area contributed by atoms with E-state index < -0.39 is 12.0 Å². The Morgan fingerprint density at radius 1 is 1.19 bits per heavy atom. The maximum Gasteiger partial charge on any atom is 0.254 e. The van der Waals surface area contributed by atoms with E-state index in [2.05, 4.69) is 5.32 Å². The van der Waals surface area contributed by atoms with Crippen LogP contribution in [0.3, 0.4) is 0 Å². The van der Waals surface area contributed by atoms with Crippen LogP contribution in [0.4, 0.5) is 4.39 Å². The fourth-order valence-electron chi connectivity index (χ4n) is 4.87. The summed E-state index contributed by atoms with van der Waals surface area (Å²) in [5.74, 6) is -1.62. The minimum Gasteiger partial charge on any atom is -0.515 e. The number of carbonyl (C=O) groups excluding carboxylic acids is 2. The molecule has 36 heavy (non-hydrogen) atoms. The van der Waals surface area contributed by atoms with Crippen LogP contribution in [0.15, 0.2) is 84.2 Å². The van der Waals surface area contributed by atoms with Gasteiger partial charge in [0.1, 0.15) is 5.82 Å². The van der Waals surface area contributed by atoms with Gasteiger partial charge in [-0.3, -0.25) is 9.59 Å². The van der Waals surface area contributed by atoms with E-state index >= 15 is 0 Å². The van der Waals surface area contributed by atoms with Crippen LogP contribution in [0.5, 0.6) is 0 Å². The number of hydrogen-bond acceptors (Lipinski definition) is 4. The lowest BCUT2D eigenvalue weighted by Crippen LogP contribution is -2.54. The van der Waals surface area contributed by atoms with Crippen molar-refractivity contribution in [1.29, 1.82) is 0 Å². The van der Waals surface area contributed by atoms with E-state index in [1.807, 2.05) is 18.2 Å². The largest absolute Gasteiger partial charge is 0.515 e. The summed E-state index contributed by atoms with van der Waals surface area (Å²) < 4.78 is 18.6. The number of aliphatic hydroxyl groups is 1. The van der Waals surface area contributed by atoms with Crippen molar-refractivity contribution in [2.45, 2.75) is 37.8 Å². The molecule has 2 aliphatic rings. The van der Waals surface area contributed by atoms with Crippen molar-refractivity contribution in [2.24, 2.45) is 0 Å². The van der Waals surface area contributed by atoms with Gasteiger partial charge in [0.15, 0.2) is 0 Å². The summed E-state index contributed by atoms with van der Waals surface area (Å²) >= 11 is 0. The van der Waals surface area contributed by atoms with E-state index in [9.17, 15) is 19.1 Å². The molecule has 6 nitrogen and oxygen atoms in total. The molecule has 0 aromatic heterocycles. The first-order valence-electron chi connectivity index (χ1n) is 12.2. The first-order chi connectivity index (χ1) is 17.5. The van der Waals surface area contributed by atoms with E-state index in [1.54, 1.807) is 48.4 Å². The van der Waals surface area contributed by atoms with Crippen molar-refractivity contribution < 1.29 is 23.8 Å². The summed E-state index contributed by atoms with van der Waals surface area (Å²) in [7, 11) is 1.56. The number of allylic oxidation sites excluding steroid dienone is 3. The summed E-state index contributed by atoms with van der Waals surface area (Å²) in [6.45, 7) is 0.740. The average Bonchev–Trinajstić information content (AvgIpc) is 3.18. The molecule has 0 saturated heterocycles. The molecule has 2 aromatic rings. The molecule has 1 aliphatic carbocycles. The van der Waals surface area contributed by atoms with Crippen molar-refractivity contribution >= 4 is 11.8 Å². The minimum atomic E-state index is -0.771. The Hall–Kier alpha value is -3.71. The quantitative estimate of drug-likeness (QED) is 0.521. The number of benzene rings is 2. The van der Waals surface area contributed by atoms with Crippen LogP contribution in [0.1, 0.15) is 46.7 Å². The first-order valence-corrected chi connectivity index (χ1v) is 12.2. The highest BCUT2D eigenvalue weighted by atomic mass is 19.1. The molecule has 2 unspecified atom stereocenters. The van der Waals surface area contributed by atoms with Crippen LogP contribution in [-0.2, 0) is 16.1 Å². The van der Waals surface area contributed by atoms with E-state index in [1.165, 1.54) is 12.1 Å². The second-order valence-electron chi connectivity index (χ2n) is 8.92. The van der Waals surface area contributed by atoms with Gasteiger partial charge in [-0.05, 0) is 54.2 Å². The monoisotopic (exact) mass is 490 g/mol. The second kappa shape index (κ2) is 11.8. The third-order valence-corrected chi connectivity index (χ3v) is 6.67. The molecular formula is C29H31FN2O4. The predicted molar refractivity (Wildman–Crippen MR) is 136 cm³/mol. The fraction of sp³-hybridized carbons (Fsp3) is 0.310. The number of ether oxygens (including phenoxy) is 1. The van der Waals surface area contributed by atoms with Crippen molar-refractivity contribution in [3.8, 4) is 0 Å². The number of methoxy groups -OCH3 is 1. The Morgan fingerprint density at radius 2 is 1.97 bits per heavy atom. The molecule has 2 amide bonds. The van der Waals surface area contributed by atoms with Gasteiger partial charge < -0.3 is 20.1 Å². The zero-order chi connectivity index (χ0) is 25.5. The van der Waals surface area contributed by atoms with Gasteiger partial charge in [0.25, 0.3) is 5.91 Å². The zero-order valence-electron chi connectivity index (χ0n) is 20.3. The maximum absolute atomic E-state index is 13.8.